The van der Waals surface area contributed by atoms with Gasteiger partial charge in [0.05, 0.1) is 0 Å². The number of carbonyl (C=O) groups excluding carboxylic acids is 2. The smallest absolute Gasteiger partial charge is 0.302 e. The minimum Gasteiger partial charge on any atom is -0.463 e. The number of hydrogen-bond acceptors (Lipinski definition) is 3. The van der Waals surface area contributed by atoms with E-state index in [0.717, 1.165) is 12.8 Å². The quantitative estimate of drug-likeness (QED) is 0.574. The highest BCUT2D eigenvalue weighted by Gasteiger charge is 2.42. The first-order chi connectivity index (χ1) is 6.15. The second-order valence-electron chi connectivity index (χ2n) is 4.17. The van der Waals surface area contributed by atoms with Gasteiger partial charge in [0.25, 0.3) is 0 Å². The summed E-state index contributed by atoms with van der Waals surface area (Å²) < 4.78 is 5.13. The van der Waals surface area contributed by atoms with Gasteiger partial charge in [-0.1, -0.05) is 0 Å². The van der Waals surface area contributed by atoms with Gasteiger partial charge in [-0.2, -0.15) is 0 Å². The number of rotatable bonds is 1. The molecule has 3 atom stereocenters. The summed E-state index contributed by atoms with van der Waals surface area (Å²) in [5, 5.41) is 0. The van der Waals surface area contributed by atoms with Gasteiger partial charge in [-0.05, 0) is 24.7 Å². The zero-order chi connectivity index (χ0) is 9.42. The van der Waals surface area contributed by atoms with Crippen LogP contribution < -0.4 is 0 Å². The van der Waals surface area contributed by atoms with Crippen molar-refractivity contribution in [2.45, 2.75) is 38.7 Å². The van der Waals surface area contributed by atoms with Crippen molar-refractivity contribution in [1.29, 1.82) is 0 Å². The van der Waals surface area contributed by atoms with E-state index in [0.29, 0.717) is 30.5 Å². The van der Waals surface area contributed by atoms with Gasteiger partial charge in [-0.3, -0.25) is 9.59 Å². The Balaban J connectivity index is 1.90. The van der Waals surface area contributed by atoms with Crippen molar-refractivity contribution in [3.8, 4) is 0 Å². The first kappa shape index (κ1) is 8.73. The van der Waals surface area contributed by atoms with E-state index in [9.17, 15) is 9.59 Å². The summed E-state index contributed by atoms with van der Waals surface area (Å²) >= 11 is 0. The Morgan fingerprint density at radius 2 is 1.85 bits per heavy atom. The van der Waals surface area contributed by atoms with Crippen LogP contribution in [0.2, 0.25) is 0 Å². The molecule has 0 aliphatic heterocycles. The van der Waals surface area contributed by atoms with E-state index in [2.05, 4.69) is 0 Å². The Kier molecular flexibility index (Phi) is 2.10. The highest BCUT2D eigenvalue weighted by atomic mass is 16.5. The SMILES string of the molecule is CC(=O)O[C@H]1C[C@H]2CC(=O)C[C@H]2C1. The molecule has 0 aromatic rings. The number of fused-ring (bicyclic) bond motifs is 1. The van der Waals surface area contributed by atoms with Crippen LogP contribution in [0.1, 0.15) is 32.6 Å². The lowest BCUT2D eigenvalue weighted by Crippen LogP contribution is -2.13. The van der Waals surface area contributed by atoms with E-state index in [1.165, 1.54) is 6.92 Å². The fourth-order valence-corrected chi connectivity index (χ4v) is 2.66. The number of carbonyl (C=O) groups is 2. The van der Waals surface area contributed by atoms with E-state index in [4.69, 9.17) is 4.74 Å². The fourth-order valence-electron chi connectivity index (χ4n) is 2.66. The standard InChI is InChI=1S/C10H14O3/c1-6(11)13-10-4-7-2-9(12)3-8(7)5-10/h7-8,10H,2-5H2,1H3/t7-,8+,10+. The summed E-state index contributed by atoms with van der Waals surface area (Å²) in [6, 6.07) is 0. The molecular formula is C10H14O3. The molecule has 0 heterocycles. The Morgan fingerprint density at radius 1 is 1.31 bits per heavy atom. The molecule has 2 aliphatic rings. The molecule has 2 rings (SSSR count). The maximum Gasteiger partial charge on any atom is 0.302 e. The Morgan fingerprint density at radius 3 is 2.31 bits per heavy atom. The lowest BCUT2D eigenvalue weighted by atomic mass is 10.0. The van der Waals surface area contributed by atoms with Crippen molar-refractivity contribution >= 4 is 11.8 Å². The zero-order valence-electron chi connectivity index (χ0n) is 7.79. The summed E-state index contributed by atoms with van der Waals surface area (Å²) in [5.74, 6) is 1.18. The minimum absolute atomic E-state index is 0.0839. The van der Waals surface area contributed by atoms with Gasteiger partial charge in [0, 0.05) is 19.8 Å². The summed E-state index contributed by atoms with van der Waals surface area (Å²) in [4.78, 5) is 21.8. The molecule has 2 aliphatic carbocycles. The lowest BCUT2D eigenvalue weighted by molar-refractivity contribution is -0.146. The van der Waals surface area contributed by atoms with Gasteiger partial charge >= 0.3 is 5.97 Å². The summed E-state index contributed by atoms with van der Waals surface area (Å²) in [7, 11) is 0. The van der Waals surface area contributed by atoms with Crippen LogP contribution >= 0.6 is 0 Å². The van der Waals surface area contributed by atoms with Crippen molar-refractivity contribution < 1.29 is 14.3 Å². The summed E-state index contributed by atoms with van der Waals surface area (Å²) in [5.41, 5.74) is 0. The zero-order valence-corrected chi connectivity index (χ0v) is 7.79. The van der Waals surface area contributed by atoms with E-state index in [-0.39, 0.29) is 12.1 Å². The van der Waals surface area contributed by atoms with E-state index in [1.54, 1.807) is 0 Å². The predicted octanol–water partition coefficient (Wildman–Crippen LogP) is 1.31. The number of hydrogen-bond donors (Lipinski definition) is 0. The second kappa shape index (κ2) is 3.13. The van der Waals surface area contributed by atoms with Gasteiger partial charge < -0.3 is 4.74 Å². The molecule has 0 bridgehead atoms. The molecule has 2 fully saturated rings. The Hall–Kier alpha value is -0.860. The van der Waals surface area contributed by atoms with Gasteiger partial charge in [0.15, 0.2) is 0 Å². The van der Waals surface area contributed by atoms with Crippen molar-refractivity contribution in [1.82, 2.24) is 0 Å². The average molecular weight is 182 g/mol. The molecule has 0 amide bonds. The topological polar surface area (TPSA) is 43.4 Å². The first-order valence-electron chi connectivity index (χ1n) is 4.84. The maximum absolute atomic E-state index is 11.1. The van der Waals surface area contributed by atoms with Crippen LogP contribution in [-0.2, 0) is 14.3 Å². The summed E-state index contributed by atoms with van der Waals surface area (Å²) in [6.07, 6.45) is 3.30. The number of ketones is 1. The van der Waals surface area contributed by atoms with Crippen LogP contribution in [0.3, 0.4) is 0 Å². The van der Waals surface area contributed by atoms with Gasteiger partial charge in [0.2, 0.25) is 0 Å². The number of esters is 1. The van der Waals surface area contributed by atoms with Gasteiger partial charge in [0.1, 0.15) is 11.9 Å². The van der Waals surface area contributed by atoms with E-state index in [1.807, 2.05) is 0 Å². The fraction of sp³-hybridized carbons (Fsp3) is 0.800. The largest absolute Gasteiger partial charge is 0.463 e. The van der Waals surface area contributed by atoms with Gasteiger partial charge in [-0.25, -0.2) is 0 Å². The van der Waals surface area contributed by atoms with Crippen molar-refractivity contribution in [3.63, 3.8) is 0 Å². The summed E-state index contributed by atoms with van der Waals surface area (Å²) in [6.45, 7) is 1.44. The Labute approximate surface area is 77.4 Å². The maximum atomic E-state index is 11.1. The molecule has 3 heteroatoms. The third-order valence-electron chi connectivity index (χ3n) is 3.11. The third kappa shape index (κ3) is 1.74. The molecule has 0 saturated heterocycles. The third-order valence-corrected chi connectivity index (χ3v) is 3.11. The van der Waals surface area contributed by atoms with Crippen LogP contribution in [-0.4, -0.2) is 17.9 Å². The first-order valence-corrected chi connectivity index (χ1v) is 4.84. The highest BCUT2D eigenvalue weighted by Crippen LogP contribution is 2.43. The van der Waals surface area contributed by atoms with Crippen LogP contribution in [0.5, 0.6) is 0 Å². The highest BCUT2D eigenvalue weighted by molar-refractivity contribution is 5.81. The minimum atomic E-state index is -0.198. The van der Waals surface area contributed by atoms with Crippen molar-refractivity contribution in [2.24, 2.45) is 11.8 Å². The Bertz CT molecular complexity index is 231. The van der Waals surface area contributed by atoms with Crippen molar-refractivity contribution in [3.05, 3.63) is 0 Å². The van der Waals surface area contributed by atoms with Crippen LogP contribution in [0.15, 0.2) is 0 Å². The molecule has 72 valence electrons. The predicted molar refractivity (Wildman–Crippen MR) is 46.0 cm³/mol. The molecule has 13 heavy (non-hydrogen) atoms. The second-order valence-corrected chi connectivity index (χ2v) is 4.17. The van der Waals surface area contributed by atoms with E-state index >= 15 is 0 Å². The lowest BCUT2D eigenvalue weighted by Gasteiger charge is -2.10. The number of ether oxygens (including phenoxy) is 1. The van der Waals surface area contributed by atoms with Gasteiger partial charge in [-0.15, -0.1) is 0 Å². The van der Waals surface area contributed by atoms with E-state index < -0.39 is 0 Å². The molecule has 0 aromatic heterocycles. The molecule has 0 radical (unpaired) electrons. The van der Waals surface area contributed by atoms with Crippen molar-refractivity contribution in [2.75, 3.05) is 0 Å². The van der Waals surface area contributed by atoms with Crippen LogP contribution in [0.25, 0.3) is 0 Å². The van der Waals surface area contributed by atoms with Crippen LogP contribution in [0, 0.1) is 11.8 Å². The normalized spacial score (nSPS) is 37.6. The molecule has 0 unspecified atom stereocenters. The average Bonchev–Trinajstić information content (AvgIpc) is 2.41. The molecule has 0 N–H and O–H groups in total. The number of Topliss-reactive ketones (excluding diaryl/α,β-unsaturated/α-hetero) is 1. The van der Waals surface area contributed by atoms with Crippen LogP contribution in [0.4, 0.5) is 0 Å². The molecular weight excluding hydrogens is 168 g/mol. The molecule has 0 aromatic carbocycles. The molecule has 2 saturated carbocycles. The molecule has 3 nitrogen and oxygen atoms in total. The molecule has 0 spiro atoms. The monoisotopic (exact) mass is 182 g/mol.